The Balaban J connectivity index is 1.16. The Bertz CT molecular complexity index is 3190. The molecule has 7 aromatic carbocycles. The first-order valence-corrected chi connectivity index (χ1v) is 31.6. The molecule has 15 nitrogen and oxygen atoms in total. The highest BCUT2D eigenvalue weighted by molar-refractivity contribution is 7.87. The number of benzene rings is 7. The summed E-state index contributed by atoms with van der Waals surface area (Å²) in [5.41, 5.74) is 3.68. The highest BCUT2D eigenvalue weighted by Gasteiger charge is 2.57. The quantitative estimate of drug-likeness (QED) is 0.0255. The molecule has 2 aliphatic heterocycles. The molecule has 0 radical (unpaired) electrons. The van der Waals surface area contributed by atoms with Crippen LogP contribution in [-0.4, -0.2) is 108 Å². The molecule has 84 heavy (non-hydrogen) atoms. The van der Waals surface area contributed by atoms with Gasteiger partial charge in [0.05, 0.1) is 36.2 Å². The molecule has 0 amide bonds. The predicted molar refractivity (Wildman–Crippen MR) is 316 cm³/mol. The summed E-state index contributed by atoms with van der Waals surface area (Å²) in [6.45, 7) is 5.52. The summed E-state index contributed by atoms with van der Waals surface area (Å²) in [4.78, 5) is -0.451. The maximum absolute atomic E-state index is 14.8. The number of hydrogen-bond acceptors (Lipinski definition) is 15. The van der Waals surface area contributed by atoms with E-state index in [0.717, 1.165) is 54.4 Å². The molecule has 17 heteroatoms. The third-order valence-electron chi connectivity index (χ3n) is 15.0. The van der Waals surface area contributed by atoms with Gasteiger partial charge in [0, 0.05) is 6.61 Å². The van der Waals surface area contributed by atoms with E-state index in [9.17, 15) is 27.0 Å². The number of aryl methyl sites for hydroxylation is 2. The largest absolute Gasteiger partial charge is 0.387 e. The molecule has 0 bridgehead atoms. The van der Waals surface area contributed by atoms with Crippen LogP contribution in [0.15, 0.2) is 210 Å². The van der Waals surface area contributed by atoms with E-state index in [-0.39, 0.29) is 42.8 Å². The molecule has 2 heterocycles. The Labute approximate surface area is 494 Å². The normalized spacial score (nSPS) is 23.1. The van der Waals surface area contributed by atoms with Gasteiger partial charge >= 0.3 is 0 Å². The first kappa shape index (κ1) is 62.5. The van der Waals surface area contributed by atoms with E-state index in [2.05, 4.69) is 6.92 Å². The average Bonchev–Trinajstić information content (AvgIpc) is 1.02. The van der Waals surface area contributed by atoms with Gasteiger partial charge in [-0.25, -0.2) is 0 Å². The van der Waals surface area contributed by atoms with E-state index in [1.54, 1.807) is 24.3 Å². The van der Waals surface area contributed by atoms with Gasteiger partial charge in [0.1, 0.15) is 48.3 Å². The molecule has 2 aliphatic rings. The highest BCUT2D eigenvalue weighted by atomic mass is 32.2. The van der Waals surface area contributed by atoms with E-state index < -0.39 is 87.2 Å². The number of unbranched alkanes of at least 4 members (excludes halogenated alkanes) is 5. The van der Waals surface area contributed by atoms with Crippen molar-refractivity contribution < 1.29 is 68.6 Å². The first-order chi connectivity index (χ1) is 40.8. The molecule has 446 valence electrons. The van der Waals surface area contributed by atoms with Crippen LogP contribution in [0.3, 0.4) is 0 Å². The van der Waals surface area contributed by atoms with Crippen LogP contribution >= 0.6 is 0 Å². The maximum Gasteiger partial charge on any atom is 0.297 e. The highest BCUT2D eigenvalue weighted by Crippen LogP contribution is 2.45. The molecule has 10 atom stereocenters. The summed E-state index contributed by atoms with van der Waals surface area (Å²) in [5, 5.41) is 25.9. The van der Waals surface area contributed by atoms with Crippen molar-refractivity contribution in [3.63, 3.8) is 0 Å². The van der Waals surface area contributed by atoms with Gasteiger partial charge in [0.25, 0.3) is 20.2 Å². The zero-order chi connectivity index (χ0) is 58.9. The van der Waals surface area contributed by atoms with Crippen molar-refractivity contribution in [3.05, 3.63) is 239 Å². The summed E-state index contributed by atoms with van der Waals surface area (Å²) in [7, 11) is -9.55. The zero-order valence-corrected chi connectivity index (χ0v) is 49.3. The Morgan fingerprint density at radius 3 is 1.32 bits per heavy atom. The number of rotatable bonds is 29. The fraction of sp³-hybridized carbons (Fsp3) is 0.373. The second kappa shape index (κ2) is 29.9. The molecule has 2 fully saturated rings. The summed E-state index contributed by atoms with van der Waals surface area (Å²) >= 11 is 0. The SMILES string of the molecule is CCCCCCCCO[C@H]1O[C@H](COCc2ccccc2)[C@@H](O[C@H]2O[C@H](COCc3ccccc3)[C@@H](OC(c3ccccc3)(c3ccccc3)c3ccccc3)[C@H](O)[C@@H]2OS(=O)(=O)c2ccc(C)cc2)[C@H](OS(=O)(=O)c2ccc(C)cc2)[C@@H]1O. The van der Waals surface area contributed by atoms with Gasteiger partial charge in [-0.3, -0.25) is 8.37 Å². The summed E-state index contributed by atoms with van der Waals surface area (Å²) in [5.74, 6) is 0. The lowest BCUT2D eigenvalue weighted by Gasteiger charge is -2.50. The topological polar surface area (TPSA) is 192 Å². The minimum absolute atomic E-state index is 0.0808. The second-order valence-corrected chi connectivity index (χ2v) is 24.5. The zero-order valence-electron chi connectivity index (χ0n) is 47.6. The summed E-state index contributed by atoms with van der Waals surface area (Å²) in [6.07, 6.45) is -11.2. The van der Waals surface area contributed by atoms with Crippen LogP contribution in [0.25, 0.3) is 0 Å². The van der Waals surface area contributed by atoms with Gasteiger partial charge < -0.3 is 43.4 Å². The van der Waals surface area contributed by atoms with E-state index >= 15 is 0 Å². The predicted octanol–water partition coefficient (Wildman–Crippen LogP) is 10.9. The first-order valence-electron chi connectivity index (χ1n) is 28.8. The van der Waals surface area contributed by atoms with Gasteiger partial charge in [-0.05, 0) is 72.4 Å². The number of ether oxygens (including phenoxy) is 7. The second-order valence-electron chi connectivity index (χ2n) is 21.3. The summed E-state index contributed by atoms with van der Waals surface area (Å²) < 4.78 is 118. The lowest BCUT2D eigenvalue weighted by Crippen LogP contribution is -2.66. The Hall–Kier alpha value is -6.00. The molecule has 2 N–H and O–H groups in total. The Morgan fingerprint density at radius 1 is 0.452 bits per heavy atom. The third-order valence-corrected chi connectivity index (χ3v) is 17.7. The van der Waals surface area contributed by atoms with Crippen molar-refractivity contribution in [2.45, 2.75) is 149 Å². The van der Waals surface area contributed by atoms with Crippen molar-refractivity contribution in [1.29, 1.82) is 0 Å². The fourth-order valence-electron chi connectivity index (χ4n) is 10.5. The molecule has 0 saturated carbocycles. The van der Waals surface area contributed by atoms with E-state index in [1.165, 1.54) is 24.3 Å². The lowest BCUT2D eigenvalue weighted by molar-refractivity contribution is -0.360. The van der Waals surface area contributed by atoms with Crippen LogP contribution in [0.4, 0.5) is 0 Å². The Morgan fingerprint density at radius 2 is 0.857 bits per heavy atom. The molecular weight excluding hydrogens is 1110 g/mol. The molecule has 9 rings (SSSR count). The molecule has 0 unspecified atom stereocenters. The van der Waals surface area contributed by atoms with Crippen LogP contribution in [0, 0.1) is 13.8 Å². The van der Waals surface area contributed by atoms with Crippen LogP contribution < -0.4 is 0 Å². The van der Waals surface area contributed by atoms with Crippen LogP contribution in [0.2, 0.25) is 0 Å². The fourth-order valence-corrected chi connectivity index (χ4v) is 12.7. The third kappa shape index (κ3) is 15.9. The minimum atomic E-state index is -4.82. The average molecular weight is 1190 g/mol. The molecule has 2 saturated heterocycles. The molecule has 0 aliphatic carbocycles. The number of aliphatic hydroxyl groups is 2. The molecule has 0 spiro atoms. The molecular formula is C67H76O15S2. The van der Waals surface area contributed by atoms with Gasteiger partial charge in [0.15, 0.2) is 18.7 Å². The molecule has 7 aromatic rings. The van der Waals surface area contributed by atoms with E-state index in [4.69, 9.17) is 41.5 Å². The lowest BCUT2D eigenvalue weighted by atomic mass is 9.79. The monoisotopic (exact) mass is 1180 g/mol. The van der Waals surface area contributed by atoms with Crippen molar-refractivity contribution in [1.82, 2.24) is 0 Å². The van der Waals surface area contributed by atoms with Crippen molar-refractivity contribution in [3.8, 4) is 0 Å². The van der Waals surface area contributed by atoms with Crippen LogP contribution in [0.1, 0.15) is 84.4 Å². The van der Waals surface area contributed by atoms with Crippen LogP contribution in [-0.2, 0) is 80.6 Å². The number of aliphatic hydroxyl groups excluding tert-OH is 2. The number of hydrogen-bond donors (Lipinski definition) is 2. The molecule has 0 aromatic heterocycles. The van der Waals surface area contributed by atoms with Gasteiger partial charge in [-0.15, -0.1) is 0 Å². The van der Waals surface area contributed by atoms with Crippen molar-refractivity contribution in [2.75, 3.05) is 19.8 Å². The van der Waals surface area contributed by atoms with Crippen LogP contribution in [0.5, 0.6) is 0 Å². The smallest absolute Gasteiger partial charge is 0.297 e. The van der Waals surface area contributed by atoms with Gasteiger partial charge in [-0.1, -0.05) is 226 Å². The van der Waals surface area contributed by atoms with Gasteiger partial charge in [-0.2, -0.15) is 16.8 Å². The van der Waals surface area contributed by atoms with E-state index in [0.29, 0.717) is 23.1 Å². The Kier molecular flexibility index (Phi) is 22.2. The van der Waals surface area contributed by atoms with Gasteiger partial charge in [0.2, 0.25) is 0 Å². The summed E-state index contributed by atoms with van der Waals surface area (Å²) in [6, 6.07) is 59.1. The van der Waals surface area contributed by atoms with Crippen molar-refractivity contribution >= 4 is 20.2 Å². The van der Waals surface area contributed by atoms with E-state index in [1.807, 2.05) is 166 Å². The standard InChI is InChI=1S/C67H76O15S2/c1-4-5-6-7-8-24-43-76-65-60(69)63(81-83(70,71)55-39-35-48(2)36-40-55)62(58(77-65)47-75-45-51-27-16-10-17-28-51)79-66-64(82-84(72,73)56-41-37-49(3)38-42-56)59(68)61(57(78-66)46-74-44-50-25-14-9-15-26-50)80-67(52-29-18-11-19-30-52,53-31-20-12-21-32-53)54-33-22-13-23-34-54/h9-23,25-42,57-66,68-69H,4-8,24,43-47H2,1-3H3/t57-,58-,59+,60+,61-,62-,63-,64+,65+,66-/m1/s1. The maximum atomic E-state index is 14.8. The van der Waals surface area contributed by atoms with Crippen molar-refractivity contribution in [2.24, 2.45) is 0 Å². The minimum Gasteiger partial charge on any atom is -0.387 e.